The van der Waals surface area contributed by atoms with Crippen molar-refractivity contribution in [2.75, 3.05) is 39.8 Å². The first-order valence-corrected chi connectivity index (χ1v) is 11.7. The van der Waals surface area contributed by atoms with Crippen molar-refractivity contribution in [3.05, 3.63) is 29.8 Å². The minimum atomic E-state index is -0.366. The van der Waals surface area contributed by atoms with Gasteiger partial charge in [0.25, 0.3) is 0 Å². The molecule has 1 aromatic rings. The average molecular weight is 430 g/mol. The Kier molecular flexibility index (Phi) is 7.98. The van der Waals surface area contributed by atoms with Gasteiger partial charge in [-0.2, -0.15) is 0 Å². The summed E-state index contributed by atoms with van der Waals surface area (Å²) in [7, 11) is 1.68. The molecule has 0 bridgehead atoms. The van der Waals surface area contributed by atoms with E-state index in [0.29, 0.717) is 19.6 Å². The Morgan fingerprint density at radius 1 is 1.03 bits per heavy atom. The molecule has 6 nitrogen and oxygen atoms in total. The predicted octanol–water partition coefficient (Wildman–Crippen LogP) is 3.62. The number of rotatable bonds is 6. The van der Waals surface area contributed by atoms with Gasteiger partial charge in [0, 0.05) is 31.0 Å². The first kappa shape index (κ1) is 23.6. The van der Waals surface area contributed by atoms with E-state index in [1.807, 2.05) is 37.8 Å². The zero-order valence-electron chi connectivity index (χ0n) is 19.7. The number of nitrogens with zero attached hydrogens (tertiary/aromatic N) is 2. The molecule has 0 aromatic heterocycles. The van der Waals surface area contributed by atoms with Crippen LogP contribution in [-0.4, -0.2) is 61.4 Å². The number of benzene rings is 1. The van der Waals surface area contributed by atoms with Crippen molar-refractivity contribution in [3.8, 4) is 5.75 Å². The molecular formula is C25H39N3O3. The molecule has 31 heavy (non-hydrogen) atoms. The van der Waals surface area contributed by atoms with Gasteiger partial charge in [0.2, 0.25) is 11.8 Å². The van der Waals surface area contributed by atoms with Crippen LogP contribution in [-0.2, 0) is 9.59 Å². The topological polar surface area (TPSA) is 61.9 Å². The summed E-state index contributed by atoms with van der Waals surface area (Å²) >= 11 is 0. The standard InChI is InChI=1S/C25H39N3O3/c1-25(2,3)24(30)28-16-12-20(13-17-28)23(29)26-18-22(27-14-6-5-7-15-27)19-8-10-21(31-4)11-9-19/h8-11,20,22H,5-7,12-18H2,1-4H3,(H,26,29). The summed E-state index contributed by atoms with van der Waals surface area (Å²) in [5.74, 6) is 1.14. The second-order valence-corrected chi connectivity index (χ2v) is 9.95. The number of ether oxygens (including phenoxy) is 1. The molecule has 2 fully saturated rings. The molecule has 3 rings (SSSR count). The van der Waals surface area contributed by atoms with Gasteiger partial charge in [-0.15, -0.1) is 0 Å². The third kappa shape index (κ3) is 6.22. The van der Waals surface area contributed by atoms with Crippen LogP contribution in [0.3, 0.4) is 0 Å². The lowest BCUT2D eigenvalue weighted by Gasteiger charge is -2.37. The molecule has 1 aromatic carbocycles. The molecule has 2 aliphatic heterocycles. The fraction of sp³-hybridized carbons (Fsp3) is 0.680. The maximum atomic E-state index is 12.9. The summed E-state index contributed by atoms with van der Waals surface area (Å²) in [6.07, 6.45) is 5.18. The highest BCUT2D eigenvalue weighted by Crippen LogP contribution is 2.27. The van der Waals surface area contributed by atoms with Crippen LogP contribution in [0.1, 0.15) is 64.5 Å². The smallest absolute Gasteiger partial charge is 0.227 e. The number of piperidine rings is 2. The molecule has 172 valence electrons. The largest absolute Gasteiger partial charge is 0.497 e. The molecule has 0 saturated carbocycles. The molecule has 0 radical (unpaired) electrons. The summed E-state index contributed by atoms with van der Waals surface area (Å²) in [5, 5.41) is 3.24. The van der Waals surface area contributed by atoms with Crippen molar-refractivity contribution in [2.24, 2.45) is 11.3 Å². The highest BCUT2D eigenvalue weighted by molar-refractivity contribution is 5.82. The number of hydrogen-bond acceptors (Lipinski definition) is 4. The molecule has 0 spiro atoms. The predicted molar refractivity (Wildman–Crippen MR) is 123 cm³/mol. The number of likely N-dealkylation sites (tertiary alicyclic amines) is 2. The van der Waals surface area contributed by atoms with E-state index in [4.69, 9.17) is 4.74 Å². The second kappa shape index (κ2) is 10.5. The van der Waals surface area contributed by atoms with Gasteiger partial charge in [-0.05, 0) is 56.5 Å². The van der Waals surface area contributed by atoms with Crippen LogP contribution in [0.25, 0.3) is 0 Å². The summed E-state index contributed by atoms with van der Waals surface area (Å²) < 4.78 is 5.31. The zero-order valence-corrected chi connectivity index (χ0v) is 19.7. The average Bonchev–Trinajstić information content (AvgIpc) is 2.79. The molecule has 2 aliphatic rings. The van der Waals surface area contributed by atoms with Gasteiger partial charge in [0.05, 0.1) is 13.2 Å². The number of nitrogens with one attached hydrogen (secondary N) is 1. The van der Waals surface area contributed by atoms with Crippen molar-refractivity contribution in [3.63, 3.8) is 0 Å². The third-order valence-corrected chi connectivity index (χ3v) is 6.60. The van der Waals surface area contributed by atoms with E-state index >= 15 is 0 Å². The van der Waals surface area contributed by atoms with Crippen molar-refractivity contribution < 1.29 is 14.3 Å². The minimum Gasteiger partial charge on any atom is -0.497 e. The lowest BCUT2D eigenvalue weighted by atomic mass is 9.90. The minimum absolute atomic E-state index is 0.0121. The van der Waals surface area contributed by atoms with Gasteiger partial charge in [-0.25, -0.2) is 0 Å². The fourth-order valence-electron chi connectivity index (χ4n) is 4.67. The van der Waals surface area contributed by atoms with Crippen molar-refractivity contribution in [1.82, 2.24) is 15.1 Å². The molecule has 1 N–H and O–H groups in total. The third-order valence-electron chi connectivity index (χ3n) is 6.60. The van der Waals surface area contributed by atoms with Gasteiger partial charge >= 0.3 is 0 Å². The Hall–Kier alpha value is -2.08. The van der Waals surface area contributed by atoms with Crippen LogP contribution >= 0.6 is 0 Å². The molecule has 1 atom stereocenters. The SMILES string of the molecule is COc1ccc(C(CNC(=O)C2CCN(C(=O)C(C)(C)C)CC2)N2CCCCC2)cc1. The Balaban J connectivity index is 1.58. The first-order chi connectivity index (χ1) is 14.8. The van der Waals surface area contributed by atoms with Gasteiger partial charge in [-0.3, -0.25) is 14.5 Å². The van der Waals surface area contributed by atoms with E-state index in [-0.39, 0.29) is 29.2 Å². The van der Waals surface area contributed by atoms with Gasteiger partial charge in [0.15, 0.2) is 0 Å². The number of hydrogen-bond donors (Lipinski definition) is 1. The van der Waals surface area contributed by atoms with E-state index in [9.17, 15) is 9.59 Å². The van der Waals surface area contributed by atoms with Gasteiger partial charge < -0.3 is 15.0 Å². The summed E-state index contributed by atoms with van der Waals surface area (Å²) in [4.78, 5) is 29.8. The molecule has 6 heteroatoms. The number of methoxy groups -OCH3 is 1. The normalized spacial score (nSPS) is 19.7. The lowest BCUT2D eigenvalue weighted by molar-refractivity contribution is -0.142. The first-order valence-electron chi connectivity index (χ1n) is 11.7. The molecule has 2 amide bonds. The Bertz CT molecular complexity index is 727. The van der Waals surface area contributed by atoms with Crippen LogP contribution in [0.4, 0.5) is 0 Å². The Morgan fingerprint density at radius 3 is 2.19 bits per heavy atom. The van der Waals surface area contributed by atoms with Gasteiger partial charge in [-0.1, -0.05) is 39.3 Å². The molecule has 2 saturated heterocycles. The second-order valence-electron chi connectivity index (χ2n) is 9.95. The fourth-order valence-corrected chi connectivity index (χ4v) is 4.67. The maximum Gasteiger partial charge on any atom is 0.227 e. The zero-order chi connectivity index (χ0) is 22.4. The van der Waals surface area contributed by atoms with E-state index in [0.717, 1.165) is 31.7 Å². The van der Waals surface area contributed by atoms with Crippen LogP contribution in [0.5, 0.6) is 5.75 Å². The summed E-state index contributed by atoms with van der Waals surface area (Å²) in [5.41, 5.74) is 0.850. The number of carbonyl (C=O) groups is 2. The number of carbonyl (C=O) groups excluding carboxylic acids is 2. The molecule has 2 heterocycles. The van der Waals surface area contributed by atoms with Crippen molar-refractivity contribution >= 4 is 11.8 Å². The van der Waals surface area contributed by atoms with Crippen molar-refractivity contribution in [1.29, 1.82) is 0 Å². The lowest BCUT2D eigenvalue weighted by Crippen LogP contribution is -2.47. The molecule has 0 aliphatic carbocycles. The van der Waals surface area contributed by atoms with E-state index in [1.54, 1.807) is 7.11 Å². The number of amides is 2. The van der Waals surface area contributed by atoms with E-state index in [2.05, 4.69) is 22.3 Å². The van der Waals surface area contributed by atoms with Crippen LogP contribution in [0.2, 0.25) is 0 Å². The monoisotopic (exact) mass is 429 g/mol. The Morgan fingerprint density at radius 2 is 1.65 bits per heavy atom. The highest BCUT2D eigenvalue weighted by atomic mass is 16.5. The van der Waals surface area contributed by atoms with E-state index in [1.165, 1.54) is 24.8 Å². The molecular weight excluding hydrogens is 390 g/mol. The van der Waals surface area contributed by atoms with Crippen molar-refractivity contribution in [2.45, 2.75) is 58.9 Å². The van der Waals surface area contributed by atoms with Crippen LogP contribution in [0, 0.1) is 11.3 Å². The van der Waals surface area contributed by atoms with Gasteiger partial charge in [0.1, 0.15) is 5.75 Å². The quantitative estimate of drug-likeness (QED) is 0.750. The summed E-state index contributed by atoms with van der Waals surface area (Å²) in [6.45, 7) is 9.95. The highest BCUT2D eigenvalue weighted by Gasteiger charge is 2.33. The van der Waals surface area contributed by atoms with Crippen LogP contribution in [0.15, 0.2) is 24.3 Å². The van der Waals surface area contributed by atoms with Crippen LogP contribution < -0.4 is 10.1 Å². The molecule has 1 unspecified atom stereocenters. The Labute approximate surface area is 187 Å². The van der Waals surface area contributed by atoms with E-state index < -0.39 is 0 Å². The summed E-state index contributed by atoms with van der Waals surface area (Å²) in [6, 6.07) is 8.39. The maximum absolute atomic E-state index is 12.9.